The van der Waals surface area contributed by atoms with Crippen LogP contribution in [-0.2, 0) is 16.8 Å². The number of carbonyl (C=O) groups excluding carboxylic acids is 2. The monoisotopic (exact) mass is 500 g/mol. The Morgan fingerprint density at radius 3 is 2.53 bits per heavy atom. The van der Waals surface area contributed by atoms with Crippen molar-refractivity contribution in [1.82, 2.24) is 10.2 Å². The van der Waals surface area contributed by atoms with E-state index in [4.69, 9.17) is 4.42 Å². The molecule has 0 radical (unpaired) electrons. The lowest BCUT2D eigenvalue weighted by Crippen LogP contribution is -2.53. The van der Waals surface area contributed by atoms with Gasteiger partial charge >= 0.3 is 0 Å². The van der Waals surface area contributed by atoms with Gasteiger partial charge in [0.1, 0.15) is 10.6 Å². The van der Waals surface area contributed by atoms with Gasteiger partial charge in [-0.3, -0.25) is 19.3 Å². The van der Waals surface area contributed by atoms with Crippen LogP contribution in [-0.4, -0.2) is 28.6 Å². The van der Waals surface area contributed by atoms with Crippen LogP contribution < -0.4 is 15.2 Å². The van der Waals surface area contributed by atoms with E-state index in [0.717, 1.165) is 22.6 Å². The molecule has 2 aromatic carbocycles. The summed E-state index contributed by atoms with van der Waals surface area (Å²) in [6, 6.07) is 10.8. The van der Waals surface area contributed by atoms with Crippen LogP contribution >= 0.6 is 11.3 Å². The predicted octanol–water partition coefficient (Wildman–Crippen LogP) is 4.48. The lowest BCUT2D eigenvalue weighted by molar-refractivity contribution is -0.121. The molecule has 1 atom stereocenters. The zero-order valence-electron chi connectivity index (χ0n) is 20.4. The molecule has 0 fully saturated rings. The second-order valence-electron chi connectivity index (χ2n) is 9.21. The van der Waals surface area contributed by atoms with Crippen molar-refractivity contribution in [2.75, 3.05) is 16.3 Å². The van der Waals surface area contributed by atoms with Gasteiger partial charge in [0.05, 0.1) is 16.6 Å². The number of fused-ring (bicyclic) bond motifs is 5. The SMILES string of the molecule is CCCc1nnc(N2C(=O)c3oc4cc(C)c(C)cc4c(=O)c3C23C(=O)N(CC)c2ccccc23)s1. The van der Waals surface area contributed by atoms with Crippen LogP contribution in [0.1, 0.15) is 58.1 Å². The van der Waals surface area contributed by atoms with Crippen molar-refractivity contribution in [1.29, 1.82) is 0 Å². The van der Waals surface area contributed by atoms with E-state index in [1.807, 2.05) is 45.9 Å². The molecule has 2 aliphatic heterocycles. The molecule has 8 nitrogen and oxygen atoms in total. The lowest BCUT2D eigenvalue weighted by Gasteiger charge is -2.31. The van der Waals surface area contributed by atoms with Crippen molar-refractivity contribution in [3.8, 4) is 0 Å². The minimum Gasteiger partial charge on any atom is -0.450 e. The Labute approximate surface area is 211 Å². The largest absolute Gasteiger partial charge is 0.450 e. The highest BCUT2D eigenvalue weighted by Crippen LogP contribution is 2.54. The highest BCUT2D eigenvalue weighted by Gasteiger charge is 2.66. The zero-order chi connectivity index (χ0) is 25.4. The molecule has 0 N–H and O–H groups in total. The van der Waals surface area contributed by atoms with Gasteiger partial charge in [0, 0.05) is 18.5 Å². The average Bonchev–Trinajstić information content (AvgIpc) is 3.49. The molecule has 4 heterocycles. The lowest BCUT2D eigenvalue weighted by atomic mass is 9.84. The summed E-state index contributed by atoms with van der Waals surface area (Å²) in [6.45, 7) is 8.12. The Morgan fingerprint density at radius 1 is 1.03 bits per heavy atom. The van der Waals surface area contributed by atoms with E-state index in [9.17, 15) is 14.4 Å². The molecule has 0 bridgehead atoms. The third kappa shape index (κ3) is 2.71. The first kappa shape index (κ1) is 22.6. The number of amides is 2. The van der Waals surface area contributed by atoms with Crippen LogP contribution in [0, 0.1) is 13.8 Å². The number of benzene rings is 2. The maximum absolute atomic E-state index is 14.4. The molecule has 9 heteroatoms. The quantitative estimate of drug-likeness (QED) is 0.410. The van der Waals surface area contributed by atoms with Gasteiger partial charge in [0.2, 0.25) is 10.9 Å². The first-order valence-corrected chi connectivity index (χ1v) is 12.8. The Morgan fingerprint density at radius 2 is 1.78 bits per heavy atom. The number of hydrogen-bond acceptors (Lipinski definition) is 7. The van der Waals surface area contributed by atoms with Gasteiger partial charge in [-0.15, -0.1) is 10.2 Å². The second-order valence-corrected chi connectivity index (χ2v) is 10.3. The summed E-state index contributed by atoms with van der Waals surface area (Å²) in [5, 5.41) is 9.95. The smallest absolute Gasteiger partial charge is 0.297 e. The van der Waals surface area contributed by atoms with E-state index in [1.54, 1.807) is 23.1 Å². The summed E-state index contributed by atoms with van der Waals surface area (Å²) in [4.78, 5) is 45.6. The molecule has 0 saturated carbocycles. The van der Waals surface area contributed by atoms with Crippen LogP contribution in [0.25, 0.3) is 11.0 Å². The van der Waals surface area contributed by atoms with Crippen LogP contribution in [0.4, 0.5) is 10.8 Å². The van der Waals surface area contributed by atoms with Crippen molar-refractivity contribution in [2.24, 2.45) is 0 Å². The summed E-state index contributed by atoms with van der Waals surface area (Å²) in [6.07, 6.45) is 1.56. The highest BCUT2D eigenvalue weighted by molar-refractivity contribution is 7.15. The maximum Gasteiger partial charge on any atom is 0.297 e. The van der Waals surface area contributed by atoms with Crippen molar-refractivity contribution in [2.45, 2.75) is 46.1 Å². The van der Waals surface area contributed by atoms with Crippen LogP contribution in [0.5, 0.6) is 0 Å². The van der Waals surface area contributed by atoms with Gasteiger partial charge in [0.25, 0.3) is 11.8 Å². The molecule has 36 heavy (non-hydrogen) atoms. The number of para-hydroxylation sites is 1. The molecule has 0 saturated heterocycles. The number of hydrogen-bond donors (Lipinski definition) is 0. The van der Waals surface area contributed by atoms with Gasteiger partial charge in [0.15, 0.2) is 11.0 Å². The van der Waals surface area contributed by atoms with E-state index >= 15 is 0 Å². The van der Waals surface area contributed by atoms with Crippen LogP contribution in [0.2, 0.25) is 0 Å². The molecule has 182 valence electrons. The number of carbonyl (C=O) groups is 2. The van der Waals surface area contributed by atoms with Crippen molar-refractivity contribution >= 4 is 44.9 Å². The number of nitrogens with zero attached hydrogens (tertiary/aromatic N) is 4. The Kier molecular flexibility index (Phi) is 4.91. The van der Waals surface area contributed by atoms with Gasteiger partial charge in [-0.1, -0.05) is 36.5 Å². The summed E-state index contributed by atoms with van der Waals surface area (Å²) >= 11 is 1.26. The molecule has 2 aromatic heterocycles. The topological polar surface area (TPSA) is 96.6 Å². The minimum atomic E-state index is -1.71. The summed E-state index contributed by atoms with van der Waals surface area (Å²) in [5.41, 5.74) is 1.35. The fourth-order valence-corrected chi connectivity index (χ4v) is 6.37. The third-order valence-corrected chi connectivity index (χ3v) is 8.14. The summed E-state index contributed by atoms with van der Waals surface area (Å²) in [5.74, 6) is -1.06. The van der Waals surface area contributed by atoms with E-state index in [2.05, 4.69) is 10.2 Å². The second kappa shape index (κ2) is 7.83. The molecule has 0 aliphatic carbocycles. The first-order valence-electron chi connectivity index (χ1n) is 12.0. The number of anilines is 2. The fourth-order valence-electron chi connectivity index (χ4n) is 5.38. The van der Waals surface area contributed by atoms with Crippen molar-refractivity contribution in [3.05, 3.63) is 79.6 Å². The Hall–Kier alpha value is -3.85. The third-order valence-electron chi connectivity index (χ3n) is 7.17. The number of rotatable bonds is 4. The van der Waals surface area contributed by atoms with Gasteiger partial charge in [-0.05, 0) is 56.5 Å². The fraction of sp³-hybridized carbons (Fsp3) is 0.296. The van der Waals surface area contributed by atoms with Crippen molar-refractivity contribution < 1.29 is 14.0 Å². The molecular weight excluding hydrogens is 476 g/mol. The molecular formula is C27H24N4O4S. The number of likely N-dealkylation sites (N-methyl/N-ethyl adjacent to an activating group) is 1. The molecule has 2 aliphatic rings. The predicted molar refractivity (Wildman–Crippen MR) is 138 cm³/mol. The van der Waals surface area contributed by atoms with E-state index < -0.39 is 11.4 Å². The molecule has 2 amide bonds. The van der Waals surface area contributed by atoms with Gasteiger partial charge in [-0.25, -0.2) is 0 Å². The minimum absolute atomic E-state index is 0.0453. The molecule has 4 aromatic rings. The zero-order valence-corrected chi connectivity index (χ0v) is 21.2. The Balaban J connectivity index is 1.75. The summed E-state index contributed by atoms with van der Waals surface area (Å²) < 4.78 is 6.15. The maximum atomic E-state index is 14.4. The standard InChI is InChI=1S/C27H24N4O4S/c1-5-9-20-28-29-26(36-20)31-24(33)23-21(22(32)16-12-14(3)15(4)13-19(16)35-23)27(31)17-10-7-8-11-18(17)30(6-2)25(27)34/h7-8,10-13H,5-6,9H2,1-4H3. The van der Waals surface area contributed by atoms with E-state index in [1.165, 1.54) is 16.2 Å². The van der Waals surface area contributed by atoms with E-state index in [0.29, 0.717) is 35.2 Å². The Bertz CT molecular complexity index is 1660. The number of aryl methyl sites for hydroxylation is 3. The average molecular weight is 501 g/mol. The highest BCUT2D eigenvalue weighted by atomic mass is 32.1. The van der Waals surface area contributed by atoms with Gasteiger partial charge < -0.3 is 9.32 Å². The molecule has 1 spiro atoms. The first-order chi connectivity index (χ1) is 17.3. The van der Waals surface area contributed by atoms with E-state index in [-0.39, 0.29) is 27.8 Å². The van der Waals surface area contributed by atoms with Crippen molar-refractivity contribution in [3.63, 3.8) is 0 Å². The van der Waals surface area contributed by atoms with Crippen LogP contribution in [0.15, 0.2) is 45.6 Å². The molecule has 6 rings (SSSR count). The van der Waals surface area contributed by atoms with Gasteiger partial charge in [-0.2, -0.15) is 0 Å². The summed E-state index contributed by atoms with van der Waals surface area (Å²) in [7, 11) is 0. The number of aromatic nitrogens is 2. The van der Waals surface area contributed by atoms with Crippen LogP contribution in [0.3, 0.4) is 0 Å². The normalized spacial score (nSPS) is 18.6. The molecule has 1 unspecified atom stereocenters.